The normalized spacial score (nSPS) is 11.3. The van der Waals surface area contributed by atoms with Gasteiger partial charge in [0.2, 0.25) is 0 Å². The van der Waals surface area contributed by atoms with E-state index in [1.807, 2.05) is 10.9 Å². The van der Waals surface area contributed by atoms with Crippen LogP contribution in [0.1, 0.15) is 31.4 Å². The van der Waals surface area contributed by atoms with Crippen molar-refractivity contribution in [2.45, 2.75) is 37.3 Å². The Hall–Kier alpha value is -0.920. The molecule has 0 spiro atoms. The molecule has 0 atom stereocenters. The molecule has 0 amide bonds. The van der Waals surface area contributed by atoms with Gasteiger partial charge in [0, 0.05) is 17.2 Å². The van der Waals surface area contributed by atoms with Gasteiger partial charge in [-0.25, -0.2) is 4.98 Å². The van der Waals surface area contributed by atoms with Gasteiger partial charge in [-0.3, -0.25) is 0 Å². The lowest BCUT2D eigenvalue weighted by Gasteiger charge is -2.12. The lowest BCUT2D eigenvalue weighted by molar-refractivity contribution is 0.526. The largest absolute Gasteiger partial charge is 0.324 e. The van der Waals surface area contributed by atoms with Crippen LogP contribution in [0.25, 0.3) is 0 Å². The maximum Gasteiger partial charge on any atom is 0.191 e. The molecule has 2 aromatic rings. The molecule has 5 nitrogen and oxygen atoms in total. The van der Waals surface area contributed by atoms with E-state index in [1.165, 1.54) is 0 Å². The van der Waals surface area contributed by atoms with Crippen molar-refractivity contribution < 1.29 is 0 Å². The van der Waals surface area contributed by atoms with E-state index in [4.69, 9.17) is 5.73 Å². The van der Waals surface area contributed by atoms with Gasteiger partial charge in [0.1, 0.15) is 5.82 Å². The van der Waals surface area contributed by atoms with Gasteiger partial charge in [0.15, 0.2) is 5.16 Å². The molecule has 2 aromatic heterocycles. The molecule has 0 saturated heterocycles. The summed E-state index contributed by atoms with van der Waals surface area (Å²) in [4.78, 5) is 4.25. The highest BCUT2D eigenvalue weighted by molar-refractivity contribution is 7.98. The fraction of sp³-hybridized carbons (Fsp3) is 0.500. The van der Waals surface area contributed by atoms with Crippen LogP contribution in [-0.2, 0) is 12.3 Å². The summed E-state index contributed by atoms with van der Waals surface area (Å²) in [6.45, 7) is 4.63. The Balaban J connectivity index is 2.12. The van der Waals surface area contributed by atoms with Gasteiger partial charge < -0.3 is 10.3 Å². The average molecular weight is 269 g/mol. The molecule has 2 rings (SSSR count). The fourth-order valence-electron chi connectivity index (χ4n) is 1.51. The number of thioether (sulfide) groups is 1. The zero-order valence-corrected chi connectivity index (χ0v) is 11.5. The van der Waals surface area contributed by atoms with E-state index in [9.17, 15) is 0 Å². The third-order valence-corrected chi connectivity index (χ3v) is 3.88. The van der Waals surface area contributed by atoms with Crippen LogP contribution in [0.4, 0.5) is 0 Å². The molecular weight excluding hydrogens is 254 g/mol. The van der Waals surface area contributed by atoms with Gasteiger partial charge in [0.25, 0.3) is 0 Å². The second-order valence-corrected chi connectivity index (χ2v) is 5.50. The molecule has 0 saturated carbocycles. The monoisotopic (exact) mass is 269 g/mol. The van der Waals surface area contributed by atoms with Crippen LogP contribution in [-0.4, -0.2) is 19.7 Å². The van der Waals surface area contributed by atoms with Crippen LogP contribution in [0.3, 0.4) is 0 Å². The van der Waals surface area contributed by atoms with E-state index < -0.39 is 0 Å². The summed E-state index contributed by atoms with van der Waals surface area (Å²) in [5.74, 6) is 1.65. The van der Waals surface area contributed by atoms with E-state index in [-0.39, 0.29) is 0 Å². The number of nitrogens with zero attached hydrogens (tertiary/aromatic N) is 4. The van der Waals surface area contributed by atoms with Gasteiger partial charge in [-0.05, 0) is 13.8 Å². The first-order valence-electron chi connectivity index (χ1n) is 5.36. The van der Waals surface area contributed by atoms with Crippen molar-refractivity contribution in [3.05, 3.63) is 22.4 Å². The second kappa shape index (κ2) is 5.61. The minimum absolute atomic E-state index is 0.321. The summed E-state index contributed by atoms with van der Waals surface area (Å²) in [5.41, 5.74) is 8.57. The maximum absolute atomic E-state index is 5.65. The molecule has 2 N–H and O–H groups in total. The van der Waals surface area contributed by atoms with E-state index in [2.05, 4.69) is 33.6 Å². The lowest BCUT2D eigenvalue weighted by atomic mass is 10.4. The molecular formula is C10H15N5S2. The van der Waals surface area contributed by atoms with Gasteiger partial charge in [-0.1, -0.05) is 11.8 Å². The Labute approximate surface area is 108 Å². The number of nitrogens with two attached hydrogens (primary N) is 1. The van der Waals surface area contributed by atoms with E-state index in [0.717, 1.165) is 22.4 Å². The predicted octanol–water partition coefficient (Wildman–Crippen LogP) is 2.07. The molecule has 0 aliphatic carbocycles. The SMILES string of the molecule is CC(C)n1c(CN)nnc1SCc1cscn1. The van der Waals surface area contributed by atoms with Gasteiger partial charge >= 0.3 is 0 Å². The minimum Gasteiger partial charge on any atom is -0.324 e. The Morgan fingerprint density at radius 3 is 2.88 bits per heavy atom. The van der Waals surface area contributed by atoms with Crippen LogP contribution in [0.15, 0.2) is 16.0 Å². The Morgan fingerprint density at radius 1 is 1.47 bits per heavy atom. The molecule has 92 valence electrons. The van der Waals surface area contributed by atoms with Crippen LogP contribution in [0, 0.1) is 0 Å². The molecule has 7 heteroatoms. The summed E-state index contributed by atoms with van der Waals surface area (Å²) >= 11 is 3.25. The highest BCUT2D eigenvalue weighted by atomic mass is 32.2. The molecule has 0 aliphatic heterocycles. The van der Waals surface area contributed by atoms with Crippen LogP contribution < -0.4 is 5.73 Å². The van der Waals surface area contributed by atoms with Crippen molar-refractivity contribution in [1.82, 2.24) is 19.7 Å². The van der Waals surface area contributed by atoms with Crippen LogP contribution in [0.5, 0.6) is 0 Å². The first-order valence-corrected chi connectivity index (χ1v) is 7.29. The molecule has 2 heterocycles. The molecule has 0 radical (unpaired) electrons. The van der Waals surface area contributed by atoms with E-state index >= 15 is 0 Å². The van der Waals surface area contributed by atoms with Crippen molar-refractivity contribution in [3.8, 4) is 0 Å². The molecule has 0 fully saturated rings. The number of hydrogen-bond acceptors (Lipinski definition) is 6. The summed E-state index contributed by atoms with van der Waals surface area (Å²) in [7, 11) is 0. The zero-order chi connectivity index (χ0) is 12.3. The Kier molecular flexibility index (Phi) is 4.14. The molecule has 0 aromatic carbocycles. The molecule has 0 unspecified atom stereocenters. The first kappa shape index (κ1) is 12.5. The maximum atomic E-state index is 5.65. The van der Waals surface area contributed by atoms with Crippen molar-refractivity contribution in [2.24, 2.45) is 5.73 Å². The Bertz CT molecular complexity index is 463. The van der Waals surface area contributed by atoms with Crippen LogP contribution >= 0.6 is 23.1 Å². The number of aromatic nitrogens is 4. The lowest BCUT2D eigenvalue weighted by Crippen LogP contribution is -2.11. The van der Waals surface area contributed by atoms with E-state index in [1.54, 1.807) is 23.1 Å². The Morgan fingerprint density at radius 2 is 2.29 bits per heavy atom. The summed E-state index contributed by atoms with van der Waals surface area (Å²) in [5, 5.41) is 11.2. The average Bonchev–Trinajstić information content (AvgIpc) is 2.95. The quantitative estimate of drug-likeness (QED) is 0.841. The van der Waals surface area contributed by atoms with Gasteiger partial charge in [-0.2, -0.15) is 0 Å². The predicted molar refractivity (Wildman–Crippen MR) is 70.0 cm³/mol. The summed E-state index contributed by atoms with van der Waals surface area (Å²) in [6.07, 6.45) is 0. The minimum atomic E-state index is 0.321. The zero-order valence-electron chi connectivity index (χ0n) is 9.83. The number of rotatable bonds is 5. The van der Waals surface area contributed by atoms with Crippen molar-refractivity contribution in [3.63, 3.8) is 0 Å². The molecule has 0 aliphatic rings. The van der Waals surface area contributed by atoms with E-state index in [0.29, 0.717) is 12.6 Å². The van der Waals surface area contributed by atoms with Gasteiger partial charge in [0.05, 0.1) is 17.7 Å². The third kappa shape index (κ3) is 2.85. The summed E-state index contributed by atoms with van der Waals surface area (Å²) in [6, 6.07) is 0.321. The topological polar surface area (TPSA) is 69.6 Å². The van der Waals surface area contributed by atoms with Crippen molar-refractivity contribution >= 4 is 23.1 Å². The number of thiazole rings is 1. The smallest absolute Gasteiger partial charge is 0.191 e. The van der Waals surface area contributed by atoms with Crippen molar-refractivity contribution in [1.29, 1.82) is 0 Å². The third-order valence-electron chi connectivity index (χ3n) is 2.27. The summed E-state index contributed by atoms with van der Waals surface area (Å²) < 4.78 is 2.08. The molecule has 17 heavy (non-hydrogen) atoms. The van der Waals surface area contributed by atoms with Crippen LogP contribution in [0.2, 0.25) is 0 Å². The van der Waals surface area contributed by atoms with Gasteiger partial charge in [-0.15, -0.1) is 21.5 Å². The molecule has 0 bridgehead atoms. The fourth-order valence-corrected chi connectivity index (χ4v) is 3.16. The highest BCUT2D eigenvalue weighted by Crippen LogP contribution is 2.24. The highest BCUT2D eigenvalue weighted by Gasteiger charge is 2.14. The number of hydrogen-bond donors (Lipinski definition) is 1. The standard InChI is InChI=1S/C10H15N5S2/c1-7(2)15-9(3-11)13-14-10(15)17-5-8-4-16-6-12-8/h4,6-7H,3,5,11H2,1-2H3. The van der Waals surface area contributed by atoms with Crippen molar-refractivity contribution in [2.75, 3.05) is 0 Å². The first-order chi connectivity index (χ1) is 8.22. The second-order valence-electron chi connectivity index (χ2n) is 3.84.